The van der Waals surface area contributed by atoms with Gasteiger partial charge in [0.2, 0.25) is 0 Å². The molecule has 1 aromatic heterocycles. The molecule has 0 atom stereocenters. The number of aromatic amines is 1. The Morgan fingerprint density at radius 1 is 0.408 bits per heavy atom. The number of hydrogen-bond donors (Lipinski definition) is 1. The van der Waals surface area contributed by atoms with E-state index in [1.165, 1.54) is 167 Å². The summed E-state index contributed by atoms with van der Waals surface area (Å²) in [5.74, 6) is -2.94. The Kier molecular flexibility index (Phi) is 35.0. The van der Waals surface area contributed by atoms with Gasteiger partial charge >= 0.3 is 23.9 Å². The first-order valence-electron chi connectivity index (χ1n) is 35.0. The molecule has 12 nitrogen and oxygen atoms in total. The fourth-order valence-electron chi connectivity index (χ4n) is 12.4. The van der Waals surface area contributed by atoms with E-state index >= 15 is 0 Å². The largest absolute Gasteiger partial charge is 0.465 e. The number of benzene rings is 8. The van der Waals surface area contributed by atoms with Crippen LogP contribution in [0.4, 0.5) is 0 Å². The second-order valence-electron chi connectivity index (χ2n) is 24.1. The molecule has 0 saturated carbocycles. The zero-order valence-corrected chi connectivity index (χ0v) is 60.5. The molecule has 518 valence electrons. The van der Waals surface area contributed by atoms with Gasteiger partial charge in [0, 0.05) is 32.8 Å². The van der Waals surface area contributed by atoms with Gasteiger partial charge in [-0.3, -0.25) is 4.79 Å². The van der Waals surface area contributed by atoms with Crippen LogP contribution in [-0.4, -0.2) is 105 Å². The predicted octanol–water partition coefficient (Wildman–Crippen LogP) is 18.9. The second kappa shape index (κ2) is 43.2. The average Bonchev–Trinajstić information content (AvgIpc) is 0.853. The Balaban J connectivity index is 0.000000238. The van der Waals surface area contributed by atoms with Gasteiger partial charge in [-0.2, -0.15) is 22.7 Å². The smallest absolute Gasteiger partial charge is 0.338 e. The number of carbonyl (C=O) groups is 5. The highest BCUT2D eigenvalue weighted by Gasteiger charge is 2.30. The quantitative estimate of drug-likeness (QED) is 0.0120. The highest BCUT2D eigenvalue weighted by molar-refractivity contribution is 7.11. The van der Waals surface area contributed by atoms with Crippen molar-refractivity contribution < 1.29 is 47.4 Å². The number of nitrogens with zero attached hydrogens (tertiary/aromatic N) is 2. The third kappa shape index (κ3) is 22.4. The van der Waals surface area contributed by atoms with E-state index in [1.807, 2.05) is 86.6 Å². The lowest BCUT2D eigenvalue weighted by atomic mass is 9.14. The minimum Gasteiger partial charge on any atom is -0.465 e. The van der Waals surface area contributed by atoms with Crippen molar-refractivity contribution in [2.45, 2.75) is 132 Å². The van der Waals surface area contributed by atoms with Crippen LogP contribution in [-0.2, 0) is 18.9 Å². The summed E-state index contributed by atoms with van der Waals surface area (Å²) >= 11 is 6.43. The van der Waals surface area contributed by atoms with E-state index in [2.05, 4.69) is 162 Å². The van der Waals surface area contributed by atoms with Gasteiger partial charge in [-0.1, -0.05) is 293 Å². The number of esters is 4. The summed E-state index contributed by atoms with van der Waals surface area (Å²) in [5.41, 5.74) is 8.90. The normalized spacial score (nSPS) is 10.7. The van der Waals surface area contributed by atoms with E-state index in [9.17, 15) is 24.0 Å². The number of imidazole rings is 1. The zero-order chi connectivity index (χ0) is 71.1. The van der Waals surface area contributed by atoms with Crippen molar-refractivity contribution in [1.29, 1.82) is 0 Å². The summed E-state index contributed by atoms with van der Waals surface area (Å²) in [6, 6.07) is 69.0. The average molecular weight is 1350 g/mol. The fraction of sp³-hybridized carbons (Fsp3) is 0.333. The van der Waals surface area contributed by atoms with Crippen LogP contribution in [0.25, 0.3) is 33.9 Å². The number of halogens is 1. The van der Waals surface area contributed by atoms with Crippen LogP contribution in [0.2, 0.25) is 11.3 Å². The minimum atomic E-state index is -0.928. The summed E-state index contributed by atoms with van der Waals surface area (Å²) in [5, 5.41) is 0.706. The van der Waals surface area contributed by atoms with E-state index < -0.39 is 35.8 Å². The monoisotopic (exact) mass is 1340 g/mol. The molecule has 98 heavy (non-hydrogen) atoms. The molecule has 0 unspecified atom stereocenters. The molecule has 14 heteroatoms. The molecule has 0 aliphatic carbocycles. The Labute approximate surface area is 589 Å². The number of hydrogen-bond acceptors (Lipinski definition) is 10. The van der Waals surface area contributed by atoms with Gasteiger partial charge in [0.25, 0.3) is 0 Å². The molecule has 9 rings (SSSR count). The van der Waals surface area contributed by atoms with Gasteiger partial charge < -0.3 is 28.4 Å². The molecule has 0 spiro atoms. The van der Waals surface area contributed by atoms with Crippen LogP contribution in [0.15, 0.2) is 212 Å². The topological polar surface area (TPSA) is 151 Å². The molecular weight excluding hydrogens is 1240 g/mol. The van der Waals surface area contributed by atoms with Crippen LogP contribution in [0.1, 0.15) is 183 Å². The summed E-state index contributed by atoms with van der Waals surface area (Å²) in [4.78, 5) is 69.1. The van der Waals surface area contributed by atoms with Crippen molar-refractivity contribution in [3.63, 3.8) is 0 Å². The molecule has 1 heterocycles. The van der Waals surface area contributed by atoms with Gasteiger partial charge in [-0.25, -0.2) is 24.2 Å². The number of ketones is 1. The van der Waals surface area contributed by atoms with Gasteiger partial charge in [0.1, 0.15) is 5.82 Å². The molecule has 0 fully saturated rings. The molecule has 0 bridgehead atoms. The van der Waals surface area contributed by atoms with Crippen LogP contribution in [0.5, 0.6) is 0 Å². The summed E-state index contributed by atoms with van der Waals surface area (Å²) < 4.78 is 20.0. The minimum absolute atomic E-state index is 0.0460. The third-order valence-electron chi connectivity index (χ3n) is 17.7. The van der Waals surface area contributed by atoms with Crippen molar-refractivity contribution in [3.8, 4) is 33.9 Å². The van der Waals surface area contributed by atoms with Crippen molar-refractivity contribution in [3.05, 3.63) is 251 Å². The number of carbonyl (C=O) groups excluding carboxylic acids is 5. The Hall–Kier alpha value is -9.17. The number of methoxy groups -OCH3 is 4. The van der Waals surface area contributed by atoms with Crippen LogP contribution in [0.3, 0.4) is 0 Å². The summed E-state index contributed by atoms with van der Waals surface area (Å²) in [6.07, 6.45) is 16.5. The Morgan fingerprint density at radius 3 is 1.12 bits per heavy atom. The van der Waals surface area contributed by atoms with Gasteiger partial charge in [0.05, 0.1) is 94.4 Å². The SMILES string of the molecule is CC.CCCCCC[B-](c1ccccc1)(c1ccccc1)c1ccccc1.CCCC[N+](CCCC)(CCCC)CCCC.COC(=O)c1ccc(C(=O)c2ccc(C(=O)OC)c(C(=O)OC)c2)cc1C(=O)OC.Clc1ccccc1-c1[nH]c(-c2ccccc2)nc1-c1ccccc1. The van der Waals surface area contributed by atoms with Crippen LogP contribution in [0, 0.1) is 0 Å². The maximum absolute atomic E-state index is 12.9. The van der Waals surface area contributed by atoms with E-state index in [-0.39, 0.29) is 33.4 Å². The van der Waals surface area contributed by atoms with Crippen molar-refractivity contribution >= 4 is 63.8 Å². The number of H-pyrrole nitrogens is 1. The van der Waals surface area contributed by atoms with Crippen molar-refractivity contribution in [1.82, 2.24) is 9.97 Å². The van der Waals surface area contributed by atoms with E-state index in [0.29, 0.717) is 5.02 Å². The Morgan fingerprint density at radius 2 is 0.755 bits per heavy atom. The number of unbranched alkanes of at least 4 members (excludes halogenated alkanes) is 7. The third-order valence-corrected chi connectivity index (χ3v) is 18.0. The van der Waals surface area contributed by atoms with Crippen LogP contribution >= 0.6 is 11.6 Å². The maximum Gasteiger partial charge on any atom is 0.338 e. The number of ether oxygens (including phenoxy) is 4. The lowest BCUT2D eigenvalue weighted by Crippen LogP contribution is -2.66. The number of rotatable bonds is 29. The summed E-state index contributed by atoms with van der Waals surface area (Å²) in [7, 11) is 4.57. The fourth-order valence-corrected chi connectivity index (χ4v) is 12.6. The Bertz CT molecular complexity index is 3610. The lowest BCUT2D eigenvalue weighted by molar-refractivity contribution is -0.929. The van der Waals surface area contributed by atoms with E-state index in [4.69, 9.17) is 16.6 Å². The first-order chi connectivity index (χ1) is 47.7. The highest BCUT2D eigenvalue weighted by Crippen LogP contribution is 2.36. The highest BCUT2D eigenvalue weighted by atomic mass is 35.5. The maximum atomic E-state index is 12.9. The second-order valence-corrected chi connectivity index (χ2v) is 24.5. The number of nitrogens with one attached hydrogen (secondary N) is 1. The van der Waals surface area contributed by atoms with Gasteiger partial charge in [0.15, 0.2) is 5.78 Å². The van der Waals surface area contributed by atoms with Gasteiger partial charge in [-0.15, -0.1) is 0 Å². The van der Waals surface area contributed by atoms with Crippen molar-refractivity contribution in [2.24, 2.45) is 0 Å². The molecular formula is C84H103BClN3O9. The van der Waals surface area contributed by atoms with E-state index in [1.54, 1.807) is 0 Å². The standard InChI is InChI=1S/C24H28B.C21H15ClN2.C21H18O9.C16H36N.C2H6/c1-2-3-4-14-21-25(22-15-8-5-9-16-22,23-17-10-6-11-18-23)24-19-12-7-13-20-24;22-18-14-8-7-13-17(18)20-19(15-9-3-1-4-10-15)23-21(24-20)16-11-5-2-6-12-16;1-27-18(23)13-7-5-11(9-15(13)20(25)29-3)17(22)12-6-8-14(19(24)28-2)16(10-12)21(26)30-4;1-5-9-13-17(14-10-6-2,15-11-7-3)16-12-8-4;1-2/h5-13,15-20H,2-4,14,21H2,1H3;1-14H,(H,23,24);5-10H,1-4H3;5-16H2,1-4H3;1-2H3/q-1;;;+1;. The molecule has 8 aromatic carbocycles. The first kappa shape index (κ1) is 79.5. The number of quaternary nitrogens is 1. The van der Waals surface area contributed by atoms with Crippen molar-refractivity contribution in [2.75, 3.05) is 54.6 Å². The zero-order valence-electron chi connectivity index (χ0n) is 59.8. The molecule has 0 aliphatic heterocycles. The molecule has 0 radical (unpaired) electrons. The molecule has 9 aromatic rings. The van der Waals surface area contributed by atoms with Gasteiger partial charge in [-0.05, 0) is 56.0 Å². The first-order valence-corrected chi connectivity index (χ1v) is 35.4. The molecule has 0 aliphatic rings. The lowest BCUT2D eigenvalue weighted by Gasteiger charge is -2.43. The van der Waals surface area contributed by atoms with Crippen LogP contribution < -0.4 is 16.4 Å². The molecule has 0 amide bonds. The predicted molar refractivity (Wildman–Crippen MR) is 405 cm³/mol. The molecule has 0 saturated heterocycles. The summed E-state index contributed by atoms with van der Waals surface area (Å²) in [6.45, 7) is 21.3. The number of aromatic nitrogens is 2. The molecule has 1 N–H and O–H groups in total. The van der Waals surface area contributed by atoms with E-state index in [0.717, 1.165) is 62.3 Å².